The Morgan fingerprint density at radius 3 is 2.24 bits per heavy atom. The smallest absolute Gasteiger partial charge is 0.545 e. The Kier molecular flexibility index (Phi) is 7.38. The minimum atomic E-state index is -1.42. The molecule has 0 spiro atoms. The van der Waals surface area contributed by atoms with Crippen LogP contribution in [0.15, 0.2) is 34.8 Å². The van der Waals surface area contributed by atoms with Crippen LogP contribution in [0.2, 0.25) is 0 Å². The number of hydrogen-bond donors (Lipinski definition) is 0. The summed E-state index contributed by atoms with van der Waals surface area (Å²) in [4.78, 5) is 21.9. The summed E-state index contributed by atoms with van der Waals surface area (Å²) in [5.41, 5.74) is 0.366. The quantitative estimate of drug-likeness (QED) is 0.363. The second-order valence-corrected chi connectivity index (χ2v) is 3.72. The number of methoxy groups -OCH3 is 1. The molecule has 0 saturated heterocycles. The van der Waals surface area contributed by atoms with E-state index < -0.39 is 11.8 Å². The molecular weight excluding hydrogens is 299 g/mol. The molecule has 0 N–H and O–H groups in total. The number of carboxylic acids is 1. The first-order valence-electron chi connectivity index (χ1n) is 4.31. The zero-order chi connectivity index (χ0) is 12.1. The molecule has 0 aliphatic heterocycles. The van der Waals surface area contributed by atoms with Crippen LogP contribution in [0.1, 0.15) is 10.4 Å². The van der Waals surface area contributed by atoms with Gasteiger partial charge in [-0.15, -0.1) is 0 Å². The molecule has 0 aliphatic rings. The number of carbonyl (C=O) groups is 2. The summed E-state index contributed by atoms with van der Waals surface area (Å²) in [6, 6.07) is 6.33. The maximum atomic E-state index is 11.6. The molecular formula is C11H8BrNaO4. The van der Waals surface area contributed by atoms with Crippen LogP contribution in [0.3, 0.4) is 0 Å². The predicted molar refractivity (Wildman–Crippen MR) is 59.3 cm³/mol. The van der Waals surface area contributed by atoms with Crippen molar-refractivity contribution in [3.8, 4) is 5.75 Å². The van der Waals surface area contributed by atoms with Crippen molar-refractivity contribution in [3.63, 3.8) is 0 Å². The number of halogens is 1. The van der Waals surface area contributed by atoms with E-state index in [1.165, 1.54) is 7.11 Å². The SMILES string of the molecule is COc1ccc(C(=O)/C(Br)=C/C(=O)[O-])cc1.[Na+]. The number of aliphatic carboxylic acids is 1. The average molecular weight is 307 g/mol. The van der Waals surface area contributed by atoms with Gasteiger partial charge < -0.3 is 14.6 Å². The largest absolute Gasteiger partial charge is 1.00 e. The molecule has 0 aromatic heterocycles. The zero-order valence-electron chi connectivity index (χ0n) is 9.40. The minimum absolute atomic E-state index is 0. The Morgan fingerprint density at radius 1 is 1.29 bits per heavy atom. The van der Waals surface area contributed by atoms with Crippen LogP contribution in [0.5, 0.6) is 5.75 Å². The number of carbonyl (C=O) groups excluding carboxylic acids is 2. The second-order valence-electron chi connectivity index (χ2n) is 2.87. The molecule has 0 bridgehead atoms. The maximum absolute atomic E-state index is 11.6. The van der Waals surface area contributed by atoms with Crippen molar-refractivity contribution in [1.29, 1.82) is 0 Å². The Morgan fingerprint density at radius 2 is 1.82 bits per heavy atom. The maximum Gasteiger partial charge on any atom is 1.00 e. The number of carboxylic acid groups (broad SMARTS) is 1. The van der Waals surface area contributed by atoms with E-state index >= 15 is 0 Å². The molecule has 0 amide bonds. The molecule has 0 saturated carbocycles. The molecule has 84 valence electrons. The molecule has 0 fully saturated rings. The van der Waals surface area contributed by atoms with Crippen LogP contribution in [0, 0.1) is 0 Å². The zero-order valence-corrected chi connectivity index (χ0v) is 13.0. The molecule has 6 heteroatoms. The first-order valence-corrected chi connectivity index (χ1v) is 5.11. The number of rotatable bonds is 4. The fourth-order valence-electron chi connectivity index (χ4n) is 1.05. The van der Waals surface area contributed by atoms with E-state index in [9.17, 15) is 14.7 Å². The standard InChI is InChI=1S/C11H9BrO4.Na/c1-16-8-4-2-7(3-5-8)11(15)9(12)6-10(13)14;/h2-6H,1H3,(H,13,14);/q;+1/p-1/b9-6-;. The van der Waals surface area contributed by atoms with Crippen molar-refractivity contribution >= 4 is 27.7 Å². The molecule has 17 heavy (non-hydrogen) atoms. The van der Waals surface area contributed by atoms with Gasteiger partial charge in [0.2, 0.25) is 0 Å². The van der Waals surface area contributed by atoms with Gasteiger partial charge in [0.25, 0.3) is 0 Å². The van der Waals surface area contributed by atoms with Crippen LogP contribution in [-0.2, 0) is 4.79 Å². The van der Waals surface area contributed by atoms with Crippen molar-refractivity contribution in [2.24, 2.45) is 0 Å². The number of ketones is 1. The summed E-state index contributed by atoms with van der Waals surface area (Å²) >= 11 is 2.88. The first kappa shape index (κ1) is 16.4. The van der Waals surface area contributed by atoms with Gasteiger partial charge in [-0.3, -0.25) is 4.79 Å². The van der Waals surface area contributed by atoms with Gasteiger partial charge in [0.1, 0.15) is 5.75 Å². The second kappa shape index (κ2) is 7.66. The first-order chi connectivity index (χ1) is 7.54. The van der Waals surface area contributed by atoms with Gasteiger partial charge in [0.05, 0.1) is 17.6 Å². The fraction of sp³-hybridized carbons (Fsp3) is 0.0909. The molecule has 1 rings (SSSR count). The van der Waals surface area contributed by atoms with E-state index in [0.717, 1.165) is 0 Å². The summed E-state index contributed by atoms with van der Waals surface area (Å²) in [6.45, 7) is 0. The summed E-state index contributed by atoms with van der Waals surface area (Å²) in [6.07, 6.45) is 0.701. The van der Waals surface area contributed by atoms with Crippen molar-refractivity contribution in [2.45, 2.75) is 0 Å². The van der Waals surface area contributed by atoms with Crippen LogP contribution in [0.4, 0.5) is 0 Å². The van der Waals surface area contributed by atoms with Gasteiger partial charge in [-0.1, -0.05) is 0 Å². The molecule has 4 nitrogen and oxygen atoms in total. The topological polar surface area (TPSA) is 66.4 Å². The third-order valence-corrected chi connectivity index (χ3v) is 2.40. The van der Waals surface area contributed by atoms with Crippen LogP contribution in [-0.4, -0.2) is 18.9 Å². The van der Waals surface area contributed by atoms with E-state index in [1.54, 1.807) is 24.3 Å². The van der Waals surface area contributed by atoms with Crippen LogP contribution < -0.4 is 39.4 Å². The number of Topliss-reactive ketones (excluding diaryl/α,β-unsaturated/α-hetero) is 1. The minimum Gasteiger partial charge on any atom is -0.545 e. The Labute approximate surface area is 129 Å². The van der Waals surface area contributed by atoms with Crippen molar-refractivity contribution < 1.29 is 49.0 Å². The number of ether oxygens (including phenoxy) is 1. The van der Waals surface area contributed by atoms with Crippen molar-refractivity contribution in [3.05, 3.63) is 40.4 Å². The third-order valence-electron chi connectivity index (χ3n) is 1.81. The predicted octanol–water partition coefficient (Wildman–Crippen LogP) is -2.09. The molecule has 1 aromatic rings. The van der Waals surface area contributed by atoms with Gasteiger partial charge in [-0.25, -0.2) is 0 Å². The number of benzene rings is 1. The Hall–Kier alpha value is -0.620. The Bertz CT molecular complexity index is 439. The van der Waals surface area contributed by atoms with Gasteiger partial charge in [-0.05, 0) is 46.3 Å². The van der Waals surface area contributed by atoms with E-state index in [-0.39, 0.29) is 34.0 Å². The van der Waals surface area contributed by atoms with Crippen molar-refractivity contribution in [2.75, 3.05) is 7.11 Å². The molecule has 1 aromatic carbocycles. The average Bonchev–Trinajstić information content (AvgIpc) is 2.27. The number of allylic oxidation sites excluding steroid dienone is 1. The van der Waals surface area contributed by atoms with Crippen LogP contribution >= 0.6 is 15.9 Å². The van der Waals surface area contributed by atoms with Gasteiger partial charge in [0.15, 0.2) is 5.78 Å². The van der Waals surface area contributed by atoms with E-state index in [4.69, 9.17) is 4.74 Å². The summed E-state index contributed by atoms with van der Waals surface area (Å²) in [5, 5.41) is 10.3. The molecule has 0 radical (unpaired) electrons. The third kappa shape index (κ3) is 5.04. The molecule has 0 heterocycles. The van der Waals surface area contributed by atoms with Gasteiger partial charge in [-0.2, -0.15) is 0 Å². The monoisotopic (exact) mass is 306 g/mol. The van der Waals surface area contributed by atoms with Crippen LogP contribution in [0.25, 0.3) is 0 Å². The van der Waals surface area contributed by atoms with Gasteiger partial charge >= 0.3 is 29.6 Å². The summed E-state index contributed by atoms with van der Waals surface area (Å²) < 4.78 is 4.87. The van der Waals surface area contributed by atoms with Gasteiger partial charge in [0, 0.05) is 5.56 Å². The summed E-state index contributed by atoms with van der Waals surface area (Å²) in [5.74, 6) is -1.22. The Balaban J connectivity index is 0.00000256. The summed E-state index contributed by atoms with van der Waals surface area (Å²) in [7, 11) is 1.52. The normalized spacial score (nSPS) is 10.4. The molecule has 0 aliphatic carbocycles. The van der Waals surface area contributed by atoms with E-state index in [0.29, 0.717) is 17.4 Å². The fourth-order valence-corrected chi connectivity index (χ4v) is 1.47. The van der Waals surface area contributed by atoms with E-state index in [1.807, 2.05) is 0 Å². The van der Waals surface area contributed by atoms with Crippen molar-refractivity contribution in [1.82, 2.24) is 0 Å². The molecule has 0 unspecified atom stereocenters. The number of hydrogen-bond acceptors (Lipinski definition) is 4. The molecule has 0 atom stereocenters. The van der Waals surface area contributed by atoms with E-state index in [2.05, 4.69) is 15.9 Å².